The molecule has 0 unspecified atom stereocenters. The second kappa shape index (κ2) is 5.16. The van der Waals surface area contributed by atoms with Gasteiger partial charge in [0.1, 0.15) is 13.8 Å². The van der Waals surface area contributed by atoms with Crippen LogP contribution in [-0.2, 0) is 0 Å². The Balaban J connectivity index is 3.17. The molecule has 1 nitrogen and oxygen atoms in total. The van der Waals surface area contributed by atoms with Gasteiger partial charge in [0.05, 0.1) is 0 Å². The third-order valence-corrected chi connectivity index (χ3v) is 3.37. The van der Waals surface area contributed by atoms with E-state index in [0.29, 0.717) is 5.92 Å². The van der Waals surface area contributed by atoms with Crippen LogP contribution in [0, 0.1) is 11.5 Å². The van der Waals surface area contributed by atoms with Crippen molar-refractivity contribution >= 4 is 24.0 Å². The van der Waals surface area contributed by atoms with Crippen LogP contribution in [0.2, 0.25) is 19.6 Å². The zero-order chi connectivity index (χ0) is 12.3. The predicted molar refractivity (Wildman–Crippen MR) is 76.3 cm³/mol. The largest absolute Gasteiger partial charge is 0.246 e. The van der Waals surface area contributed by atoms with Crippen LogP contribution in [0.4, 0.5) is 0 Å². The first-order valence-corrected chi connectivity index (χ1v) is 9.77. The van der Waals surface area contributed by atoms with Crippen LogP contribution in [0.5, 0.6) is 0 Å². The van der Waals surface area contributed by atoms with E-state index < -0.39 is 8.07 Å². The number of hydrogen-bond acceptors (Lipinski definition) is 1. The first kappa shape index (κ1) is 13.5. The van der Waals surface area contributed by atoms with E-state index in [1.165, 1.54) is 5.56 Å². The van der Waals surface area contributed by atoms with Gasteiger partial charge in [0, 0.05) is 10.7 Å². The average Bonchev–Trinajstić information content (AvgIpc) is 2.14. The summed E-state index contributed by atoms with van der Waals surface area (Å²) in [5, 5.41) is 0. The fourth-order valence-corrected chi connectivity index (χ4v) is 2.09. The zero-order valence-electron chi connectivity index (χ0n) is 10.6. The van der Waals surface area contributed by atoms with E-state index in [1.54, 1.807) is 0 Å². The maximum atomic E-state index is 4.40. The lowest BCUT2D eigenvalue weighted by Crippen LogP contribution is -2.16. The van der Waals surface area contributed by atoms with E-state index in [9.17, 15) is 0 Å². The molecule has 0 aromatic carbocycles. The predicted octanol–water partition coefficient (Wildman–Crippen LogP) is 4.20. The molecule has 0 fully saturated rings. The van der Waals surface area contributed by atoms with Gasteiger partial charge in [0.25, 0.3) is 0 Å². The molecule has 86 valence electrons. The lowest BCUT2D eigenvalue weighted by molar-refractivity contribution is 0.851. The number of halogens is 1. The molecule has 0 bridgehead atoms. The standard InChI is InChI=1S/C13H18BrNSi/c1-10(2)12-8-11(14)9-15-13(12)6-7-16(3,4)5/h8-10H,1-5H3. The molecule has 0 saturated heterocycles. The van der Waals surface area contributed by atoms with Gasteiger partial charge in [-0.3, -0.25) is 0 Å². The molecule has 0 saturated carbocycles. The summed E-state index contributed by atoms with van der Waals surface area (Å²) in [6.45, 7) is 11.1. The van der Waals surface area contributed by atoms with Crippen LogP contribution in [0.25, 0.3) is 0 Å². The molecule has 0 N–H and O–H groups in total. The quantitative estimate of drug-likeness (QED) is 0.559. The molecular formula is C13H18BrNSi. The minimum atomic E-state index is -1.32. The Morgan fingerprint density at radius 3 is 2.44 bits per heavy atom. The topological polar surface area (TPSA) is 12.9 Å². The van der Waals surface area contributed by atoms with Crippen LogP contribution in [0.15, 0.2) is 16.7 Å². The van der Waals surface area contributed by atoms with Crippen molar-refractivity contribution in [2.45, 2.75) is 39.4 Å². The molecule has 0 atom stereocenters. The molecule has 0 radical (unpaired) electrons. The minimum absolute atomic E-state index is 0.455. The molecule has 0 aliphatic rings. The maximum Gasteiger partial charge on any atom is 0.129 e. The number of nitrogens with zero attached hydrogens (tertiary/aromatic N) is 1. The Bertz CT molecular complexity index is 435. The summed E-state index contributed by atoms with van der Waals surface area (Å²) in [5.74, 6) is 3.70. The molecule has 3 heteroatoms. The van der Waals surface area contributed by atoms with E-state index in [1.807, 2.05) is 6.20 Å². The van der Waals surface area contributed by atoms with Crippen LogP contribution in [-0.4, -0.2) is 13.1 Å². The van der Waals surface area contributed by atoms with Crippen molar-refractivity contribution in [3.8, 4) is 11.5 Å². The fourth-order valence-electron chi connectivity index (χ4n) is 1.25. The first-order valence-electron chi connectivity index (χ1n) is 5.48. The SMILES string of the molecule is CC(C)c1cc(Br)cnc1C#C[Si](C)(C)C. The molecule has 0 aliphatic heterocycles. The Kier molecular flexibility index (Phi) is 4.34. The fraction of sp³-hybridized carbons (Fsp3) is 0.462. The zero-order valence-corrected chi connectivity index (χ0v) is 13.1. The molecule has 0 spiro atoms. The Morgan fingerprint density at radius 1 is 1.31 bits per heavy atom. The number of aromatic nitrogens is 1. The molecule has 1 heterocycles. The van der Waals surface area contributed by atoms with Crippen molar-refractivity contribution in [1.29, 1.82) is 0 Å². The highest BCUT2D eigenvalue weighted by Gasteiger charge is 2.10. The van der Waals surface area contributed by atoms with Crippen molar-refractivity contribution in [3.63, 3.8) is 0 Å². The van der Waals surface area contributed by atoms with Gasteiger partial charge in [-0.15, -0.1) is 5.54 Å². The van der Waals surface area contributed by atoms with Gasteiger partial charge in [-0.1, -0.05) is 39.4 Å². The van der Waals surface area contributed by atoms with Gasteiger partial charge in [-0.25, -0.2) is 4.98 Å². The summed E-state index contributed by atoms with van der Waals surface area (Å²) in [7, 11) is -1.32. The van der Waals surface area contributed by atoms with Crippen LogP contribution < -0.4 is 0 Å². The molecule has 0 amide bonds. The second-order valence-corrected chi connectivity index (χ2v) is 10.9. The summed E-state index contributed by atoms with van der Waals surface area (Å²) in [6.07, 6.45) is 1.82. The highest BCUT2D eigenvalue weighted by Crippen LogP contribution is 2.21. The van der Waals surface area contributed by atoms with Crippen molar-refractivity contribution in [3.05, 3.63) is 28.0 Å². The molecule has 1 aromatic heterocycles. The van der Waals surface area contributed by atoms with Gasteiger partial charge >= 0.3 is 0 Å². The van der Waals surface area contributed by atoms with E-state index in [-0.39, 0.29) is 0 Å². The highest BCUT2D eigenvalue weighted by atomic mass is 79.9. The van der Waals surface area contributed by atoms with Crippen molar-refractivity contribution in [1.82, 2.24) is 4.98 Å². The van der Waals surface area contributed by atoms with E-state index in [2.05, 4.69) is 71.9 Å². The Morgan fingerprint density at radius 2 is 1.94 bits per heavy atom. The van der Waals surface area contributed by atoms with Crippen LogP contribution in [0.3, 0.4) is 0 Å². The van der Waals surface area contributed by atoms with Gasteiger partial charge < -0.3 is 0 Å². The maximum absolute atomic E-state index is 4.40. The van der Waals surface area contributed by atoms with Gasteiger partial charge in [-0.2, -0.15) is 0 Å². The molecule has 16 heavy (non-hydrogen) atoms. The van der Waals surface area contributed by atoms with Gasteiger partial charge in [-0.05, 0) is 33.5 Å². The van der Waals surface area contributed by atoms with Crippen molar-refractivity contribution in [2.24, 2.45) is 0 Å². The Hall–Kier alpha value is -0.593. The highest BCUT2D eigenvalue weighted by molar-refractivity contribution is 9.10. The first-order chi connectivity index (χ1) is 7.29. The lowest BCUT2D eigenvalue weighted by Gasteiger charge is -2.09. The van der Waals surface area contributed by atoms with Crippen LogP contribution >= 0.6 is 15.9 Å². The summed E-state index contributed by atoms with van der Waals surface area (Å²) in [6, 6.07) is 2.12. The van der Waals surface area contributed by atoms with E-state index in [0.717, 1.165) is 10.2 Å². The van der Waals surface area contributed by atoms with Crippen molar-refractivity contribution < 1.29 is 0 Å². The number of hydrogen-bond donors (Lipinski definition) is 0. The van der Waals surface area contributed by atoms with E-state index >= 15 is 0 Å². The molecule has 0 aliphatic carbocycles. The van der Waals surface area contributed by atoms with Gasteiger partial charge in [0.15, 0.2) is 0 Å². The smallest absolute Gasteiger partial charge is 0.129 e. The molecule has 1 aromatic rings. The summed E-state index contributed by atoms with van der Waals surface area (Å²) in [5.41, 5.74) is 5.52. The molecule has 1 rings (SSSR count). The van der Waals surface area contributed by atoms with Gasteiger partial charge in [0.2, 0.25) is 0 Å². The third-order valence-electron chi connectivity index (χ3n) is 2.06. The summed E-state index contributed by atoms with van der Waals surface area (Å²) in [4.78, 5) is 4.40. The average molecular weight is 296 g/mol. The second-order valence-electron chi connectivity index (χ2n) is 5.25. The third kappa shape index (κ3) is 4.11. The Labute approximate surface area is 108 Å². The number of rotatable bonds is 1. The normalized spacial score (nSPS) is 11.2. The monoisotopic (exact) mass is 295 g/mol. The molecular weight excluding hydrogens is 278 g/mol. The summed E-state index contributed by atoms with van der Waals surface area (Å²) >= 11 is 3.45. The minimum Gasteiger partial charge on any atom is -0.246 e. The summed E-state index contributed by atoms with van der Waals surface area (Å²) < 4.78 is 1.02. The van der Waals surface area contributed by atoms with Crippen molar-refractivity contribution in [2.75, 3.05) is 0 Å². The van der Waals surface area contributed by atoms with E-state index in [4.69, 9.17) is 0 Å². The lowest BCUT2D eigenvalue weighted by atomic mass is 10.0. The van der Waals surface area contributed by atoms with Crippen LogP contribution in [0.1, 0.15) is 31.0 Å². The number of pyridine rings is 1.